The molecule has 0 saturated carbocycles. The fourth-order valence-corrected chi connectivity index (χ4v) is 2.54. The van der Waals surface area contributed by atoms with E-state index in [1.807, 2.05) is 0 Å². The van der Waals surface area contributed by atoms with E-state index in [0.29, 0.717) is 23.1 Å². The van der Waals surface area contributed by atoms with Crippen LogP contribution in [0.25, 0.3) is 10.9 Å². The summed E-state index contributed by atoms with van der Waals surface area (Å²) in [6.45, 7) is 3.85. The molecule has 1 aliphatic rings. The molecule has 21 heavy (non-hydrogen) atoms. The highest BCUT2D eigenvalue weighted by Gasteiger charge is 2.31. The second-order valence-corrected chi connectivity index (χ2v) is 5.51. The number of ether oxygens (including phenoxy) is 1. The minimum absolute atomic E-state index is 0.0404. The van der Waals surface area contributed by atoms with Crippen molar-refractivity contribution in [1.29, 1.82) is 0 Å². The number of halogens is 2. The second kappa shape index (κ2) is 5.23. The minimum Gasteiger partial charge on any atom is -0.361 e. The van der Waals surface area contributed by atoms with E-state index in [1.165, 1.54) is 11.1 Å². The van der Waals surface area contributed by atoms with Gasteiger partial charge in [0, 0.05) is 17.7 Å². The van der Waals surface area contributed by atoms with Crippen LogP contribution in [0, 0.1) is 12.8 Å². The van der Waals surface area contributed by atoms with Crippen LogP contribution < -0.4 is 10.6 Å². The van der Waals surface area contributed by atoms with Crippen molar-refractivity contribution in [2.45, 2.75) is 20.1 Å². The number of alkyl halides is 1. The Kier molecular flexibility index (Phi) is 3.54. The van der Waals surface area contributed by atoms with Crippen molar-refractivity contribution in [2.75, 3.05) is 18.2 Å². The Labute approximate surface area is 124 Å². The number of pyridine rings is 1. The van der Waals surface area contributed by atoms with Gasteiger partial charge in [-0.3, -0.25) is 0 Å². The topological polar surface area (TPSA) is 71.1 Å². The predicted octanol–water partition coefficient (Wildman–Crippen LogP) is 2.01. The van der Waals surface area contributed by atoms with Gasteiger partial charge in [-0.2, -0.15) is 4.98 Å². The number of H-pyrrole nitrogens is 1. The zero-order valence-electron chi connectivity index (χ0n) is 11.6. The molecule has 0 aliphatic carbocycles. The van der Waals surface area contributed by atoms with E-state index in [1.54, 1.807) is 13.8 Å². The molecule has 3 rings (SSSR count). The Balaban J connectivity index is 2.23. The molecule has 2 aromatic rings. The van der Waals surface area contributed by atoms with Crippen LogP contribution in [-0.4, -0.2) is 34.6 Å². The lowest BCUT2D eigenvalue weighted by Gasteiger charge is -2.35. The molecule has 1 aliphatic heterocycles. The van der Waals surface area contributed by atoms with Gasteiger partial charge in [0.15, 0.2) is 6.30 Å². The second-order valence-electron chi connectivity index (χ2n) is 5.15. The highest BCUT2D eigenvalue weighted by atomic mass is 35.5. The third-order valence-corrected chi connectivity index (χ3v) is 3.97. The van der Waals surface area contributed by atoms with E-state index in [-0.39, 0.29) is 23.6 Å². The van der Waals surface area contributed by atoms with E-state index >= 15 is 0 Å². The SMILES string of the molecule is Cc1c(Cl)ncc2c(N3COCC(C)C3F)nc(=O)[nH]c12. The Hall–Kier alpha value is -1.73. The number of aryl methyl sites for hydroxylation is 1. The minimum atomic E-state index is -1.27. The molecule has 1 N–H and O–H groups in total. The quantitative estimate of drug-likeness (QED) is 0.644. The van der Waals surface area contributed by atoms with E-state index < -0.39 is 12.0 Å². The Morgan fingerprint density at radius 1 is 1.57 bits per heavy atom. The van der Waals surface area contributed by atoms with Crippen molar-refractivity contribution >= 4 is 28.3 Å². The Morgan fingerprint density at radius 2 is 2.33 bits per heavy atom. The molecule has 0 bridgehead atoms. The van der Waals surface area contributed by atoms with Crippen molar-refractivity contribution in [3.8, 4) is 0 Å². The van der Waals surface area contributed by atoms with Gasteiger partial charge in [-0.1, -0.05) is 18.5 Å². The maximum atomic E-state index is 14.4. The number of hydrogen-bond donors (Lipinski definition) is 1. The van der Waals surface area contributed by atoms with Crippen LogP contribution in [0.5, 0.6) is 0 Å². The summed E-state index contributed by atoms with van der Waals surface area (Å²) >= 11 is 5.96. The van der Waals surface area contributed by atoms with Crippen molar-refractivity contribution in [3.63, 3.8) is 0 Å². The summed E-state index contributed by atoms with van der Waals surface area (Å²) in [4.78, 5) is 23.7. The zero-order chi connectivity index (χ0) is 15.1. The number of aromatic amines is 1. The lowest BCUT2D eigenvalue weighted by atomic mass is 10.1. The molecule has 0 aromatic carbocycles. The summed E-state index contributed by atoms with van der Waals surface area (Å²) in [7, 11) is 0. The van der Waals surface area contributed by atoms with Crippen LogP contribution in [0.2, 0.25) is 5.15 Å². The van der Waals surface area contributed by atoms with Gasteiger partial charge in [0.25, 0.3) is 0 Å². The average molecular weight is 313 g/mol. The lowest BCUT2D eigenvalue weighted by Crippen LogP contribution is -2.46. The van der Waals surface area contributed by atoms with Crippen molar-refractivity contribution in [1.82, 2.24) is 15.0 Å². The molecule has 6 nitrogen and oxygen atoms in total. The van der Waals surface area contributed by atoms with Crippen molar-refractivity contribution in [3.05, 3.63) is 27.4 Å². The number of nitrogens with one attached hydrogen (secondary N) is 1. The van der Waals surface area contributed by atoms with Gasteiger partial charge in [-0.25, -0.2) is 14.2 Å². The molecule has 0 spiro atoms. The third-order valence-electron chi connectivity index (χ3n) is 3.59. The summed E-state index contributed by atoms with van der Waals surface area (Å²) in [5.74, 6) is -0.0867. The van der Waals surface area contributed by atoms with E-state index in [4.69, 9.17) is 16.3 Å². The normalized spacial score (nSPS) is 22.8. The fourth-order valence-electron chi connectivity index (χ4n) is 2.40. The van der Waals surface area contributed by atoms with Gasteiger partial charge < -0.3 is 14.6 Å². The predicted molar refractivity (Wildman–Crippen MR) is 77.3 cm³/mol. The smallest absolute Gasteiger partial charge is 0.347 e. The number of anilines is 1. The van der Waals surface area contributed by atoms with Gasteiger partial charge >= 0.3 is 5.69 Å². The van der Waals surface area contributed by atoms with E-state index in [2.05, 4.69) is 15.0 Å². The summed E-state index contributed by atoms with van der Waals surface area (Å²) < 4.78 is 19.8. The largest absolute Gasteiger partial charge is 0.361 e. The van der Waals surface area contributed by atoms with Gasteiger partial charge in [0.2, 0.25) is 0 Å². The van der Waals surface area contributed by atoms with Crippen LogP contribution in [0.4, 0.5) is 10.2 Å². The highest BCUT2D eigenvalue weighted by Crippen LogP contribution is 2.30. The van der Waals surface area contributed by atoms with E-state index in [9.17, 15) is 9.18 Å². The maximum Gasteiger partial charge on any atom is 0.347 e. The summed E-state index contributed by atoms with van der Waals surface area (Å²) in [6, 6.07) is 0. The average Bonchev–Trinajstić information content (AvgIpc) is 2.46. The van der Waals surface area contributed by atoms with Crippen molar-refractivity contribution < 1.29 is 9.13 Å². The molecule has 0 amide bonds. The monoisotopic (exact) mass is 312 g/mol. The lowest BCUT2D eigenvalue weighted by molar-refractivity contribution is 0.0116. The number of nitrogens with zero attached hydrogens (tertiary/aromatic N) is 3. The molecule has 2 unspecified atom stereocenters. The van der Waals surface area contributed by atoms with E-state index in [0.717, 1.165) is 0 Å². The van der Waals surface area contributed by atoms with Crippen LogP contribution in [0.1, 0.15) is 12.5 Å². The van der Waals surface area contributed by atoms with Crippen LogP contribution in [0.3, 0.4) is 0 Å². The molecule has 0 radical (unpaired) electrons. The molecule has 8 heteroatoms. The Bertz CT molecular complexity index is 751. The van der Waals surface area contributed by atoms with Crippen LogP contribution in [-0.2, 0) is 4.74 Å². The molecular weight excluding hydrogens is 299 g/mol. The summed E-state index contributed by atoms with van der Waals surface area (Å²) in [5, 5.41) is 0.826. The molecule has 2 atom stereocenters. The number of rotatable bonds is 1. The molecule has 3 heterocycles. The van der Waals surface area contributed by atoms with Gasteiger partial charge in [0.1, 0.15) is 17.7 Å². The van der Waals surface area contributed by atoms with Crippen LogP contribution >= 0.6 is 11.6 Å². The molecule has 112 valence electrons. The number of fused-ring (bicyclic) bond motifs is 1. The zero-order valence-corrected chi connectivity index (χ0v) is 12.3. The molecule has 1 saturated heterocycles. The fraction of sp³-hybridized carbons (Fsp3) is 0.462. The first-order valence-corrected chi connectivity index (χ1v) is 6.90. The molecule has 2 aromatic heterocycles. The summed E-state index contributed by atoms with van der Waals surface area (Å²) in [6.07, 6.45) is 0.210. The number of aromatic nitrogens is 3. The van der Waals surface area contributed by atoms with Crippen LogP contribution in [0.15, 0.2) is 11.0 Å². The highest BCUT2D eigenvalue weighted by molar-refractivity contribution is 6.31. The van der Waals surface area contributed by atoms with Gasteiger partial charge in [0.05, 0.1) is 17.5 Å². The molecular formula is C13H14ClFN4O2. The molecule has 1 fully saturated rings. The first-order chi connectivity index (χ1) is 9.99. The Morgan fingerprint density at radius 3 is 3.10 bits per heavy atom. The number of hydrogen-bond acceptors (Lipinski definition) is 5. The standard InChI is InChI=1S/C13H14ClFN4O2/c1-6-4-21-5-19(11(6)15)12-8-3-16-10(14)7(2)9(8)17-13(20)18-12/h3,6,11H,4-5H2,1-2H3,(H,17,18,20). The first kappa shape index (κ1) is 14.2. The van der Waals surface area contributed by atoms with Gasteiger partial charge in [-0.15, -0.1) is 0 Å². The van der Waals surface area contributed by atoms with Gasteiger partial charge in [-0.05, 0) is 6.92 Å². The van der Waals surface area contributed by atoms with Crippen molar-refractivity contribution in [2.24, 2.45) is 5.92 Å². The summed E-state index contributed by atoms with van der Waals surface area (Å²) in [5.41, 5.74) is 0.569. The third kappa shape index (κ3) is 2.36. The first-order valence-electron chi connectivity index (χ1n) is 6.52. The maximum absolute atomic E-state index is 14.4.